The average Bonchev–Trinajstić information content (AvgIpc) is 3.24. The summed E-state index contributed by atoms with van der Waals surface area (Å²) in [6.07, 6.45) is 1.94. The van der Waals surface area contributed by atoms with Gasteiger partial charge in [-0.25, -0.2) is 0 Å². The second kappa shape index (κ2) is 7.40. The molecule has 0 saturated heterocycles. The SMILES string of the molecule is CCC(CO)NC(=O)Cc1ccc(NC(=O)C2CC2C)cc1. The summed E-state index contributed by atoms with van der Waals surface area (Å²) in [4.78, 5) is 23.7. The van der Waals surface area contributed by atoms with Gasteiger partial charge in [0.15, 0.2) is 0 Å². The topological polar surface area (TPSA) is 78.4 Å². The number of carbonyl (C=O) groups is 2. The molecule has 2 amide bonds. The molecular formula is C17H24N2O3. The molecule has 2 rings (SSSR count). The maximum atomic E-state index is 11.8. The summed E-state index contributed by atoms with van der Waals surface area (Å²) in [5, 5.41) is 14.7. The van der Waals surface area contributed by atoms with E-state index in [1.165, 1.54) is 0 Å². The minimum Gasteiger partial charge on any atom is -0.394 e. The first-order valence-corrected chi connectivity index (χ1v) is 7.83. The predicted molar refractivity (Wildman–Crippen MR) is 85.4 cm³/mol. The van der Waals surface area contributed by atoms with E-state index >= 15 is 0 Å². The van der Waals surface area contributed by atoms with Gasteiger partial charge in [-0.3, -0.25) is 9.59 Å². The lowest BCUT2D eigenvalue weighted by molar-refractivity contribution is -0.121. The smallest absolute Gasteiger partial charge is 0.227 e. The lowest BCUT2D eigenvalue weighted by Crippen LogP contribution is -2.37. The number of anilines is 1. The first kappa shape index (κ1) is 16.5. The Kier molecular flexibility index (Phi) is 5.55. The zero-order valence-electron chi connectivity index (χ0n) is 13.1. The molecule has 0 heterocycles. The number of nitrogens with one attached hydrogen (secondary N) is 2. The molecule has 22 heavy (non-hydrogen) atoms. The average molecular weight is 304 g/mol. The summed E-state index contributed by atoms with van der Waals surface area (Å²) < 4.78 is 0. The van der Waals surface area contributed by atoms with Crippen LogP contribution in [0.1, 0.15) is 32.3 Å². The molecule has 1 aromatic rings. The van der Waals surface area contributed by atoms with Gasteiger partial charge in [0.2, 0.25) is 11.8 Å². The molecule has 5 nitrogen and oxygen atoms in total. The maximum absolute atomic E-state index is 11.8. The minimum atomic E-state index is -0.188. The van der Waals surface area contributed by atoms with E-state index in [1.54, 1.807) is 0 Å². The molecule has 1 aromatic carbocycles. The van der Waals surface area contributed by atoms with Gasteiger partial charge in [0.1, 0.15) is 0 Å². The van der Waals surface area contributed by atoms with Crippen molar-refractivity contribution in [3.05, 3.63) is 29.8 Å². The van der Waals surface area contributed by atoms with Crippen LogP contribution in [-0.4, -0.2) is 29.6 Å². The van der Waals surface area contributed by atoms with Crippen LogP contribution in [0.2, 0.25) is 0 Å². The maximum Gasteiger partial charge on any atom is 0.227 e. The van der Waals surface area contributed by atoms with E-state index in [4.69, 9.17) is 5.11 Å². The van der Waals surface area contributed by atoms with Crippen molar-refractivity contribution in [3.63, 3.8) is 0 Å². The van der Waals surface area contributed by atoms with Crippen LogP contribution >= 0.6 is 0 Å². The normalized spacial score (nSPS) is 21.0. The number of hydrogen-bond acceptors (Lipinski definition) is 3. The summed E-state index contributed by atoms with van der Waals surface area (Å²) in [6, 6.07) is 7.12. The molecule has 1 fully saturated rings. The lowest BCUT2D eigenvalue weighted by atomic mass is 10.1. The van der Waals surface area contributed by atoms with Gasteiger partial charge in [0.05, 0.1) is 19.1 Å². The molecule has 5 heteroatoms. The zero-order chi connectivity index (χ0) is 16.1. The van der Waals surface area contributed by atoms with E-state index in [-0.39, 0.29) is 36.8 Å². The summed E-state index contributed by atoms with van der Waals surface area (Å²) in [5.74, 6) is 0.604. The van der Waals surface area contributed by atoms with Gasteiger partial charge in [-0.1, -0.05) is 26.0 Å². The van der Waals surface area contributed by atoms with Gasteiger partial charge in [0.25, 0.3) is 0 Å². The Balaban J connectivity index is 1.83. The van der Waals surface area contributed by atoms with Crippen molar-refractivity contribution in [1.82, 2.24) is 5.32 Å². The fraction of sp³-hybridized carbons (Fsp3) is 0.529. The van der Waals surface area contributed by atoms with Crippen molar-refractivity contribution in [1.29, 1.82) is 0 Å². The van der Waals surface area contributed by atoms with Crippen LogP contribution in [0.15, 0.2) is 24.3 Å². The van der Waals surface area contributed by atoms with E-state index in [2.05, 4.69) is 17.6 Å². The quantitative estimate of drug-likeness (QED) is 0.717. The van der Waals surface area contributed by atoms with Crippen LogP contribution in [0, 0.1) is 11.8 Å². The van der Waals surface area contributed by atoms with Crippen molar-refractivity contribution >= 4 is 17.5 Å². The Morgan fingerprint density at radius 2 is 1.95 bits per heavy atom. The van der Waals surface area contributed by atoms with Gasteiger partial charge in [-0.05, 0) is 36.5 Å². The van der Waals surface area contributed by atoms with Gasteiger partial charge < -0.3 is 15.7 Å². The second-order valence-corrected chi connectivity index (χ2v) is 6.04. The Bertz CT molecular complexity index is 523. The van der Waals surface area contributed by atoms with Crippen molar-refractivity contribution in [2.45, 2.75) is 39.2 Å². The van der Waals surface area contributed by atoms with Gasteiger partial charge in [-0.15, -0.1) is 0 Å². The van der Waals surface area contributed by atoms with E-state index in [0.717, 1.165) is 17.7 Å². The molecule has 3 atom stereocenters. The molecule has 0 radical (unpaired) electrons. The van der Waals surface area contributed by atoms with Crippen LogP contribution < -0.4 is 10.6 Å². The zero-order valence-corrected chi connectivity index (χ0v) is 13.1. The van der Waals surface area contributed by atoms with Crippen molar-refractivity contribution in [2.24, 2.45) is 11.8 Å². The first-order valence-electron chi connectivity index (χ1n) is 7.83. The Labute approximate surface area is 131 Å². The van der Waals surface area contributed by atoms with Crippen LogP contribution in [0.3, 0.4) is 0 Å². The van der Waals surface area contributed by atoms with Crippen molar-refractivity contribution in [3.8, 4) is 0 Å². The highest BCUT2D eigenvalue weighted by Crippen LogP contribution is 2.38. The van der Waals surface area contributed by atoms with Crippen LogP contribution in [0.4, 0.5) is 5.69 Å². The van der Waals surface area contributed by atoms with Crippen molar-refractivity contribution in [2.75, 3.05) is 11.9 Å². The highest BCUT2D eigenvalue weighted by molar-refractivity contribution is 5.94. The summed E-state index contributed by atoms with van der Waals surface area (Å²) in [7, 11) is 0. The number of aliphatic hydroxyl groups excluding tert-OH is 1. The monoisotopic (exact) mass is 304 g/mol. The molecule has 0 aromatic heterocycles. The summed E-state index contributed by atoms with van der Waals surface area (Å²) in [5.41, 5.74) is 1.64. The van der Waals surface area contributed by atoms with E-state index < -0.39 is 0 Å². The predicted octanol–water partition coefficient (Wildman–Crippen LogP) is 1.71. The van der Waals surface area contributed by atoms with E-state index in [0.29, 0.717) is 12.3 Å². The summed E-state index contributed by atoms with van der Waals surface area (Å²) >= 11 is 0. The number of hydrogen-bond donors (Lipinski definition) is 3. The molecular weight excluding hydrogens is 280 g/mol. The number of aliphatic hydroxyl groups is 1. The highest BCUT2D eigenvalue weighted by atomic mass is 16.3. The summed E-state index contributed by atoms with van der Waals surface area (Å²) in [6.45, 7) is 3.94. The Morgan fingerprint density at radius 3 is 2.45 bits per heavy atom. The standard InChI is InChI=1S/C17H24N2O3/c1-3-13(10-20)18-16(21)9-12-4-6-14(7-5-12)19-17(22)15-8-11(15)2/h4-7,11,13,15,20H,3,8-10H2,1-2H3,(H,18,21)(H,19,22). The number of carbonyl (C=O) groups excluding carboxylic acids is 2. The lowest BCUT2D eigenvalue weighted by Gasteiger charge is -2.14. The van der Waals surface area contributed by atoms with Crippen LogP contribution in [0.5, 0.6) is 0 Å². The molecule has 0 bridgehead atoms. The van der Waals surface area contributed by atoms with Gasteiger partial charge >= 0.3 is 0 Å². The van der Waals surface area contributed by atoms with E-state index in [9.17, 15) is 9.59 Å². The largest absolute Gasteiger partial charge is 0.394 e. The minimum absolute atomic E-state index is 0.0488. The Hall–Kier alpha value is -1.88. The molecule has 1 saturated carbocycles. The van der Waals surface area contributed by atoms with Crippen molar-refractivity contribution < 1.29 is 14.7 Å². The number of rotatable bonds is 7. The van der Waals surface area contributed by atoms with Crippen LogP contribution in [0.25, 0.3) is 0 Å². The van der Waals surface area contributed by atoms with Gasteiger partial charge in [-0.2, -0.15) is 0 Å². The second-order valence-electron chi connectivity index (χ2n) is 6.04. The first-order chi connectivity index (χ1) is 10.5. The molecule has 0 aliphatic heterocycles. The molecule has 0 spiro atoms. The van der Waals surface area contributed by atoms with Crippen LogP contribution in [-0.2, 0) is 16.0 Å². The van der Waals surface area contributed by atoms with Gasteiger partial charge in [0, 0.05) is 11.6 Å². The van der Waals surface area contributed by atoms with E-state index in [1.807, 2.05) is 31.2 Å². The third kappa shape index (κ3) is 4.56. The third-order valence-electron chi connectivity index (χ3n) is 4.11. The molecule has 3 unspecified atom stereocenters. The number of amides is 2. The molecule has 1 aliphatic rings. The molecule has 1 aliphatic carbocycles. The fourth-order valence-corrected chi connectivity index (χ4v) is 2.37. The third-order valence-corrected chi connectivity index (χ3v) is 4.11. The molecule has 120 valence electrons. The Morgan fingerprint density at radius 1 is 1.32 bits per heavy atom. The fourth-order valence-electron chi connectivity index (χ4n) is 2.37. The molecule has 3 N–H and O–H groups in total. The highest BCUT2D eigenvalue weighted by Gasteiger charge is 2.38. The number of benzene rings is 1.